The van der Waals surface area contributed by atoms with E-state index in [4.69, 9.17) is 9.47 Å². The number of hydrogen-bond acceptors (Lipinski definition) is 3. The first kappa shape index (κ1) is 18.4. The van der Waals surface area contributed by atoms with E-state index in [0.29, 0.717) is 0 Å². The van der Waals surface area contributed by atoms with Crippen LogP contribution in [0.5, 0.6) is 11.5 Å². The van der Waals surface area contributed by atoms with E-state index in [1.54, 1.807) is 0 Å². The molecule has 1 aromatic rings. The second-order valence-electron chi connectivity index (χ2n) is 6.74. The van der Waals surface area contributed by atoms with Gasteiger partial charge >= 0.3 is 0 Å². The Kier molecular flexibility index (Phi) is 7.04. The average molecular weight is 340 g/mol. The van der Waals surface area contributed by atoms with Crippen molar-refractivity contribution in [1.29, 1.82) is 0 Å². The summed E-state index contributed by atoms with van der Waals surface area (Å²) < 4.78 is 11.9. The lowest BCUT2D eigenvalue weighted by Gasteiger charge is -2.32. The third kappa shape index (κ3) is 4.33. The highest BCUT2D eigenvalue weighted by Crippen LogP contribution is 2.45. The topological polar surface area (TPSA) is 30.5 Å². The summed E-state index contributed by atoms with van der Waals surface area (Å²) in [4.78, 5) is 0. The van der Waals surface area contributed by atoms with Crippen molar-refractivity contribution in [3.05, 3.63) is 23.8 Å². The van der Waals surface area contributed by atoms with Crippen molar-refractivity contribution in [2.45, 2.75) is 57.3 Å². The molecule has 2 heterocycles. The predicted molar refractivity (Wildman–Crippen MR) is 97.2 cm³/mol. The van der Waals surface area contributed by atoms with E-state index in [9.17, 15) is 0 Å². The minimum absolute atomic E-state index is 0. The molecule has 1 N–H and O–H groups in total. The van der Waals surface area contributed by atoms with E-state index in [1.165, 1.54) is 44.1 Å². The van der Waals surface area contributed by atoms with E-state index >= 15 is 0 Å². The first-order chi connectivity index (χ1) is 10.8. The fourth-order valence-corrected chi connectivity index (χ4v) is 3.65. The molecular weight excluding hydrogens is 310 g/mol. The Balaban J connectivity index is 0.00000192. The van der Waals surface area contributed by atoms with Gasteiger partial charge in [-0.3, -0.25) is 0 Å². The van der Waals surface area contributed by atoms with Gasteiger partial charge in [-0.05, 0) is 50.6 Å². The van der Waals surface area contributed by atoms with Gasteiger partial charge in [0.1, 0.15) is 11.5 Å². The van der Waals surface area contributed by atoms with Crippen LogP contribution in [0.25, 0.3) is 0 Å². The van der Waals surface area contributed by atoms with E-state index in [2.05, 4.69) is 30.4 Å². The van der Waals surface area contributed by atoms with Gasteiger partial charge in [0.05, 0.1) is 13.2 Å². The molecule has 1 saturated heterocycles. The summed E-state index contributed by atoms with van der Waals surface area (Å²) in [5, 5.41) is 3.45. The Morgan fingerprint density at radius 1 is 1.13 bits per heavy atom. The Bertz CT molecular complexity index is 481. The third-order valence-corrected chi connectivity index (χ3v) is 5.10. The lowest BCUT2D eigenvalue weighted by atomic mass is 9.75. The maximum absolute atomic E-state index is 5.97. The second kappa shape index (κ2) is 8.79. The normalized spacial score (nSPS) is 18.1. The zero-order chi connectivity index (χ0) is 15.3. The average Bonchev–Trinajstić information content (AvgIpc) is 2.90. The molecule has 3 nitrogen and oxygen atoms in total. The molecule has 1 aromatic carbocycles. The number of piperidine rings is 1. The minimum atomic E-state index is 0. The number of hydrogen-bond donors (Lipinski definition) is 1. The number of rotatable bonds is 7. The highest BCUT2D eigenvalue weighted by molar-refractivity contribution is 5.85. The number of benzene rings is 1. The van der Waals surface area contributed by atoms with Crippen molar-refractivity contribution in [1.82, 2.24) is 5.32 Å². The van der Waals surface area contributed by atoms with Gasteiger partial charge in [0, 0.05) is 11.0 Å². The summed E-state index contributed by atoms with van der Waals surface area (Å²) in [6.07, 6.45) is 8.73. The molecule has 3 rings (SSSR count). The van der Waals surface area contributed by atoms with Crippen LogP contribution >= 0.6 is 12.4 Å². The summed E-state index contributed by atoms with van der Waals surface area (Å²) in [7, 11) is 0. The van der Waals surface area contributed by atoms with Crippen molar-refractivity contribution >= 4 is 12.4 Å². The van der Waals surface area contributed by atoms with Gasteiger partial charge in [-0.15, -0.1) is 12.4 Å². The molecule has 0 amide bonds. The van der Waals surface area contributed by atoms with Crippen molar-refractivity contribution < 1.29 is 9.47 Å². The third-order valence-electron chi connectivity index (χ3n) is 5.10. The Morgan fingerprint density at radius 3 is 2.70 bits per heavy atom. The monoisotopic (exact) mass is 339 g/mol. The van der Waals surface area contributed by atoms with Crippen molar-refractivity contribution in [3.8, 4) is 11.5 Å². The van der Waals surface area contributed by atoms with E-state index in [1.807, 2.05) is 0 Å². The molecule has 0 aliphatic carbocycles. The SMILES string of the molecule is CCCCCCCOc1ccc2c(c1)C1(CCNCC1)CO2.Cl. The van der Waals surface area contributed by atoms with Gasteiger partial charge in [0.15, 0.2) is 0 Å². The molecule has 130 valence electrons. The lowest BCUT2D eigenvalue weighted by molar-refractivity contribution is 0.220. The number of halogens is 1. The molecule has 4 heteroatoms. The van der Waals surface area contributed by atoms with Crippen LogP contribution in [0.4, 0.5) is 0 Å². The molecule has 23 heavy (non-hydrogen) atoms. The van der Waals surface area contributed by atoms with Crippen molar-refractivity contribution in [2.75, 3.05) is 26.3 Å². The smallest absolute Gasteiger partial charge is 0.123 e. The molecule has 0 radical (unpaired) electrons. The van der Waals surface area contributed by atoms with Gasteiger partial charge in [-0.1, -0.05) is 32.6 Å². The van der Waals surface area contributed by atoms with Crippen LogP contribution in [0.15, 0.2) is 18.2 Å². The predicted octanol–water partition coefficient (Wildman–Crippen LogP) is 4.47. The van der Waals surface area contributed by atoms with Gasteiger partial charge in [0.25, 0.3) is 0 Å². The van der Waals surface area contributed by atoms with Crippen LogP contribution < -0.4 is 14.8 Å². The molecule has 0 bridgehead atoms. The largest absolute Gasteiger partial charge is 0.494 e. The number of unbranched alkanes of at least 4 members (excludes halogenated alkanes) is 4. The first-order valence-electron chi connectivity index (χ1n) is 8.95. The number of ether oxygens (including phenoxy) is 2. The van der Waals surface area contributed by atoms with E-state index in [-0.39, 0.29) is 17.8 Å². The van der Waals surface area contributed by atoms with Gasteiger partial charge < -0.3 is 14.8 Å². The molecular formula is C19H30ClNO2. The minimum Gasteiger partial charge on any atom is -0.494 e. The van der Waals surface area contributed by atoms with Crippen LogP contribution in [0.1, 0.15) is 57.4 Å². The zero-order valence-corrected chi connectivity index (χ0v) is 15.1. The van der Waals surface area contributed by atoms with Gasteiger partial charge in [-0.2, -0.15) is 0 Å². The Morgan fingerprint density at radius 2 is 1.91 bits per heavy atom. The van der Waals surface area contributed by atoms with Crippen molar-refractivity contribution in [3.63, 3.8) is 0 Å². The van der Waals surface area contributed by atoms with Crippen LogP contribution in [-0.4, -0.2) is 26.3 Å². The van der Waals surface area contributed by atoms with Gasteiger partial charge in [0.2, 0.25) is 0 Å². The standard InChI is InChI=1S/C19H29NO2.ClH/c1-2-3-4-5-6-13-21-16-7-8-18-17(14-16)19(15-22-18)9-11-20-12-10-19;/h7-8,14,20H,2-6,9-13,15H2,1H3;1H. The summed E-state index contributed by atoms with van der Waals surface area (Å²) in [5.41, 5.74) is 1.60. The Labute approximate surface area is 146 Å². The molecule has 0 unspecified atom stereocenters. The summed E-state index contributed by atoms with van der Waals surface area (Å²) in [6, 6.07) is 6.39. The molecule has 1 fully saturated rings. The molecule has 1 spiro atoms. The van der Waals surface area contributed by atoms with Crippen LogP contribution in [0, 0.1) is 0 Å². The van der Waals surface area contributed by atoms with Crippen LogP contribution in [-0.2, 0) is 5.41 Å². The molecule has 0 saturated carbocycles. The summed E-state index contributed by atoms with van der Waals surface area (Å²) >= 11 is 0. The maximum atomic E-state index is 5.97. The quantitative estimate of drug-likeness (QED) is 0.743. The fourth-order valence-electron chi connectivity index (χ4n) is 3.65. The second-order valence-corrected chi connectivity index (χ2v) is 6.74. The van der Waals surface area contributed by atoms with Gasteiger partial charge in [-0.25, -0.2) is 0 Å². The molecule has 0 atom stereocenters. The number of fused-ring (bicyclic) bond motifs is 2. The molecule has 2 aliphatic rings. The summed E-state index contributed by atoms with van der Waals surface area (Å²) in [5.74, 6) is 2.08. The highest BCUT2D eigenvalue weighted by atomic mass is 35.5. The number of nitrogens with one attached hydrogen (secondary N) is 1. The fraction of sp³-hybridized carbons (Fsp3) is 0.684. The van der Waals surface area contributed by atoms with Crippen LogP contribution in [0.2, 0.25) is 0 Å². The Hall–Kier alpha value is -0.930. The highest BCUT2D eigenvalue weighted by Gasteiger charge is 2.41. The van der Waals surface area contributed by atoms with Crippen molar-refractivity contribution in [2.24, 2.45) is 0 Å². The zero-order valence-electron chi connectivity index (χ0n) is 14.2. The van der Waals surface area contributed by atoms with E-state index in [0.717, 1.165) is 44.2 Å². The lowest BCUT2D eigenvalue weighted by Crippen LogP contribution is -2.40. The summed E-state index contributed by atoms with van der Waals surface area (Å²) in [6.45, 7) is 6.10. The van der Waals surface area contributed by atoms with E-state index < -0.39 is 0 Å². The van der Waals surface area contributed by atoms with Crippen LogP contribution in [0.3, 0.4) is 0 Å². The molecule has 0 aromatic heterocycles. The maximum Gasteiger partial charge on any atom is 0.123 e. The first-order valence-corrected chi connectivity index (χ1v) is 8.95. The molecule has 2 aliphatic heterocycles.